The van der Waals surface area contributed by atoms with Crippen LogP contribution in [0.1, 0.15) is 44.7 Å². The van der Waals surface area contributed by atoms with E-state index in [1.165, 1.54) is 0 Å². The fourth-order valence-electron chi connectivity index (χ4n) is 8.27. The molecule has 8 heteroatoms. The Morgan fingerprint density at radius 1 is 0.552 bits per heavy atom. The van der Waals surface area contributed by atoms with Gasteiger partial charge in [0, 0.05) is 40.2 Å². The lowest BCUT2D eigenvalue weighted by molar-refractivity contribution is 0.0907. The van der Waals surface area contributed by atoms with E-state index in [0.29, 0.717) is 86.9 Å². The topological polar surface area (TPSA) is 123 Å². The normalized spacial score (nSPS) is 19.3. The molecule has 0 spiro atoms. The zero-order valence-electron chi connectivity index (χ0n) is 31.2. The first-order valence-electron chi connectivity index (χ1n) is 19.1. The molecule has 6 heterocycles. The summed E-state index contributed by atoms with van der Waals surface area (Å²) in [4.78, 5) is 29.6. The molecule has 14 rings (SSSR count). The molecule has 0 saturated carbocycles. The molecule has 6 aliphatic heterocycles. The van der Waals surface area contributed by atoms with Crippen LogP contribution in [0.15, 0.2) is 181 Å². The first kappa shape index (κ1) is 34.9. The lowest BCUT2D eigenvalue weighted by atomic mass is 9.69. The number of rotatable bonds is 8. The summed E-state index contributed by atoms with van der Waals surface area (Å²) in [5, 5.41) is 0. The van der Waals surface area contributed by atoms with Crippen molar-refractivity contribution in [2.45, 2.75) is 23.7 Å². The highest BCUT2D eigenvalue weighted by atomic mass is 16.5. The van der Waals surface area contributed by atoms with Crippen LogP contribution < -0.4 is 30.4 Å². The summed E-state index contributed by atoms with van der Waals surface area (Å²) in [5.74, 6) is 4.49. The molecule has 58 heavy (non-hydrogen) atoms. The number of carbonyl (C=O) groups excluding carboxylic acids is 2. The Balaban J connectivity index is 1.00. The van der Waals surface area contributed by atoms with Crippen LogP contribution in [-0.4, -0.2) is 11.6 Å². The number of fused-ring (bicyclic) bond motifs is 3. The van der Waals surface area contributed by atoms with Gasteiger partial charge < -0.3 is 30.4 Å². The van der Waals surface area contributed by atoms with Crippen LogP contribution >= 0.6 is 0 Å². The molecule has 2 atom stereocenters. The predicted molar refractivity (Wildman–Crippen MR) is 224 cm³/mol. The molecule has 0 radical (unpaired) electrons. The number of hydrogen-bond donors (Lipinski definition) is 2. The quantitative estimate of drug-likeness (QED) is 0.116. The van der Waals surface area contributed by atoms with Gasteiger partial charge in [-0.15, -0.1) is 0 Å². The summed E-state index contributed by atoms with van der Waals surface area (Å²) in [7, 11) is 0. The van der Waals surface area contributed by atoms with Crippen LogP contribution in [0.25, 0.3) is 11.1 Å². The summed E-state index contributed by atoms with van der Waals surface area (Å²) in [6, 6.07) is 40.6. The van der Waals surface area contributed by atoms with E-state index in [1.807, 2.05) is 97.1 Å². The standard InChI is InChI=1S/C50H36N2O6/c51-35-3-1-5-41(29-35)55-37-15-9-32(10-16-37)47(53)49-25-21-39(22-26-49)57-44-20-19-43(31-7-13-34(49)14-8-31)46-45(44)50(27-23-40(58-46)24-28-50)48(54)33-11-17-38(18-12-33)56-42-6-2-4-36(52)30-42/h1-25,27,29-30H,26,28,51-52H2. The van der Waals surface area contributed by atoms with E-state index < -0.39 is 10.8 Å². The smallest absolute Gasteiger partial charge is 0.177 e. The highest BCUT2D eigenvalue weighted by Gasteiger charge is 2.47. The van der Waals surface area contributed by atoms with Crippen LogP contribution in [0.2, 0.25) is 0 Å². The Morgan fingerprint density at radius 3 is 1.62 bits per heavy atom. The van der Waals surface area contributed by atoms with Crippen LogP contribution in [0.5, 0.6) is 34.5 Å². The van der Waals surface area contributed by atoms with Crippen molar-refractivity contribution >= 4 is 22.9 Å². The first-order valence-corrected chi connectivity index (χ1v) is 19.1. The summed E-state index contributed by atoms with van der Waals surface area (Å²) in [6.45, 7) is 0. The molecule has 8 bridgehead atoms. The largest absolute Gasteiger partial charge is 0.457 e. The molecule has 0 saturated heterocycles. The van der Waals surface area contributed by atoms with Crippen molar-refractivity contribution in [3.05, 3.63) is 204 Å². The Kier molecular flexibility index (Phi) is 8.16. The molecule has 8 aliphatic rings. The molecule has 0 amide bonds. The summed E-state index contributed by atoms with van der Waals surface area (Å²) >= 11 is 0. The molecule has 8 nitrogen and oxygen atoms in total. The Bertz CT molecular complexity index is 2780. The molecule has 2 unspecified atom stereocenters. The Labute approximate surface area is 335 Å². The van der Waals surface area contributed by atoms with Crippen LogP contribution in [-0.2, 0) is 10.8 Å². The fourth-order valence-corrected chi connectivity index (χ4v) is 8.27. The molecule has 6 aromatic rings. The minimum atomic E-state index is -1.14. The summed E-state index contributed by atoms with van der Waals surface area (Å²) in [5.41, 5.74) is 15.2. The van der Waals surface area contributed by atoms with Crippen molar-refractivity contribution in [1.29, 1.82) is 0 Å². The third kappa shape index (κ3) is 5.94. The van der Waals surface area contributed by atoms with Crippen molar-refractivity contribution in [1.82, 2.24) is 0 Å². The van der Waals surface area contributed by atoms with E-state index in [2.05, 4.69) is 0 Å². The van der Waals surface area contributed by atoms with Crippen molar-refractivity contribution in [3.8, 4) is 45.6 Å². The van der Waals surface area contributed by atoms with Crippen LogP contribution in [0.4, 0.5) is 11.4 Å². The van der Waals surface area contributed by atoms with E-state index in [9.17, 15) is 9.59 Å². The Hall–Kier alpha value is -7.58. The van der Waals surface area contributed by atoms with Gasteiger partial charge in [0.1, 0.15) is 46.0 Å². The third-order valence-electron chi connectivity index (χ3n) is 11.3. The molecular weight excluding hydrogens is 725 g/mol. The fraction of sp³-hybridized carbons (Fsp3) is 0.0800. The van der Waals surface area contributed by atoms with Gasteiger partial charge in [-0.05, 0) is 133 Å². The maximum absolute atomic E-state index is 15.0. The molecule has 2 aliphatic carbocycles. The molecule has 4 N–H and O–H groups in total. The van der Waals surface area contributed by atoms with Gasteiger partial charge in [-0.3, -0.25) is 9.59 Å². The minimum absolute atomic E-state index is 0.0564. The number of carbonyl (C=O) groups is 2. The molecular formula is C50H36N2O6. The predicted octanol–water partition coefficient (Wildman–Crippen LogP) is 10.8. The van der Waals surface area contributed by atoms with Gasteiger partial charge in [0.2, 0.25) is 0 Å². The Morgan fingerprint density at radius 2 is 1.09 bits per heavy atom. The molecule has 282 valence electrons. The average Bonchev–Trinajstić information content (AvgIpc) is 3.50. The van der Waals surface area contributed by atoms with Gasteiger partial charge in [0.15, 0.2) is 11.6 Å². The van der Waals surface area contributed by atoms with Gasteiger partial charge >= 0.3 is 0 Å². The van der Waals surface area contributed by atoms with E-state index in [1.54, 1.807) is 72.8 Å². The average molecular weight is 761 g/mol. The van der Waals surface area contributed by atoms with Crippen LogP contribution in [0, 0.1) is 0 Å². The number of ketones is 2. The van der Waals surface area contributed by atoms with Gasteiger partial charge in [0.25, 0.3) is 0 Å². The number of nitrogens with two attached hydrogens (primary N) is 2. The number of Topliss-reactive ketones (excluding diaryl/α,β-unsaturated/α-hetero) is 2. The maximum atomic E-state index is 15.0. The molecule has 0 fully saturated rings. The van der Waals surface area contributed by atoms with Crippen LogP contribution in [0.3, 0.4) is 0 Å². The van der Waals surface area contributed by atoms with Gasteiger partial charge in [-0.1, -0.05) is 48.6 Å². The number of allylic oxidation sites excluding steroid dienone is 6. The van der Waals surface area contributed by atoms with Crippen molar-refractivity contribution in [2.24, 2.45) is 0 Å². The van der Waals surface area contributed by atoms with E-state index in [4.69, 9.17) is 30.4 Å². The maximum Gasteiger partial charge on any atom is 0.177 e. The highest BCUT2D eigenvalue weighted by molar-refractivity contribution is 6.08. The minimum Gasteiger partial charge on any atom is -0.457 e. The number of anilines is 2. The second-order valence-electron chi connectivity index (χ2n) is 14.9. The number of benzene rings is 6. The summed E-state index contributed by atoms with van der Waals surface area (Å²) in [6.07, 6.45) is 12.2. The number of hydrogen-bond acceptors (Lipinski definition) is 8. The molecule has 0 aromatic heterocycles. The van der Waals surface area contributed by atoms with Gasteiger partial charge in [-0.25, -0.2) is 0 Å². The van der Waals surface area contributed by atoms with E-state index in [-0.39, 0.29) is 11.6 Å². The van der Waals surface area contributed by atoms with Crippen molar-refractivity contribution in [2.75, 3.05) is 11.5 Å². The lowest BCUT2D eigenvalue weighted by Gasteiger charge is -2.32. The van der Waals surface area contributed by atoms with Crippen molar-refractivity contribution < 1.29 is 28.5 Å². The zero-order valence-corrected chi connectivity index (χ0v) is 31.2. The second kappa shape index (κ2) is 13.6. The SMILES string of the molecule is Nc1cccc(Oc2ccc(C(=O)C34C=CC(=CC3)Oc3ccc(c5c3C3(C(=O)c6ccc(Oc7cccc(N)c7)cc6)C=CC(=CC3)O5)-c3ccc4cc3)cc2)c1. The first-order chi connectivity index (χ1) is 28.3. The third-order valence-corrected chi connectivity index (χ3v) is 11.3. The van der Waals surface area contributed by atoms with Crippen molar-refractivity contribution in [3.63, 3.8) is 0 Å². The molecule has 6 aromatic carbocycles. The zero-order chi connectivity index (χ0) is 39.4. The van der Waals surface area contributed by atoms with Gasteiger partial charge in [-0.2, -0.15) is 0 Å². The van der Waals surface area contributed by atoms with E-state index in [0.717, 1.165) is 16.7 Å². The monoisotopic (exact) mass is 760 g/mol. The van der Waals surface area contributed by atoms with E-state index >= 15 is 0 Å². The lowest BCUT2D eigenvalue weighted by Crippen LogP contribution is -2.35. The second-order valence-corrected chi connectivity index (χ2v) is 14.9. The summed E-state index contributed by atoms with van der Waals surface area (Å²) < 4.78 is 25.4. The number of ether oxygens (including phenoxy) is 4. The number of nitrogen functional groups attached to an aromatic ring is 2. The van der Waals surface area contributed by atoms with Gasteiger partial charge in [0.05, 0.1) is 16.4 Å². The highest BCUT2D eigenvalue weighted by Crippen LogP contribution is 2.54.